The van der Waals surface area contributed by atoms with Crippen molar-refractivity contribution in [3.05, 3.63) is 65.7 Å². The molecular formula is C20H25NO3. The van der Waals surface area contributed by atoms with E-state index in [1.54, 1.807) is 31.2 Å². The largest absolute Gasteiger partial charge is 0.481 e. The second-order valence-corrected chi connectivity index (χ2v) is 6.53. The quantitative estimate of drug-likeness (QED) is 0.822. The van der Waals surface area contributed by atoms with Gasteiger partial charge in [-0.3, -0.25) is 4.79 Å². The highest BCUT2D eigenvalue weighted by molar-refractivity contribution is 5.80. The summed E-state index contributed by atoms with van der Waals surface area (Å²) in [5.41, 5.74) is 1.77. The predicted molar refractivity (Wildman–Crippen MR) is 94.9 cm³/mol. The van der Waals surface area contributed by atoms with E-state index in [4.69, 9.17) is 9.84 Å². The summed E-state index contributed by atoms with van der Waals surface area (Å²) in [6, 6.07) is 17.2. The lowest BCUT2D eigenvalue weighted by Crippen LogP contribution is -2.42. The molecule has 128 valence electrons. The van der Waals surface area contributed by atoms with Gasteiger partial charge < -0.3 is 15.2 Å². The Bertz CT molecular complexity index is 668. The van der Waals surface area contributed by atoms with E-state index in [0.29, 0.717) is 12.3 Å². The molecule has 1 unspecified atom stereocenters. The Morgan fingerprint density at radius 3 is 2.54 bits per heavy atom. The minimum Gasteiger partial charge on any atom is -0.481 e. The van der Waals surface area contributed by atoms with Crippen molar-refractivity contribution in [1.82, 2.24) is 5.32 Å². The maximum Gasteiger partial charge on any atom is 0.260 e. The molecule has 4 nitrogen and oxygen atoms in total. The van der Waals surface area contributed by atoms with E-state index in [0.717, 1.165) is 5.56 Å². The van der Waals surface area contributed by atoms with Crippen LogP contribution in [0.1, 0.15) is 31.9 Å². The molecule has 0 bridgehead atoms. The summed E-state index contributed by atoms with van der Waals surface area (Å²) in [6.07, 6.45) is -0.606. The Kier molecular flexibility index (Phi) is 5.99. The molecule has 0 aliphatic carbocycles. The average molecular weight is 327 g/mol. The predicted octanol–water partition coefficient (Wildman–Crippen LogP) is 3.04. The zero-order valence-corrected chi connectivity index (χ0v) is 14.5. The Morgan fingerprint density at radius 1 is 1.17 bits per heavy atom. The highest BCUT2D eigenvalue weighted by atomic mass is 16.5. The van der Waals surface area contributed by atoms with Crippen LogP contribution in [0.25, 0.3) is 0 Å². The van der Waals surface area contributed by atoms with Gasteiger partial charge in [-0.1, -0.05) is 56.3 Å². The zero-order valence-electron chi connectivity index (χ0n) is 14.5. The molecule has 0 heterocycles. The monoisotopic (exact) mass is 327 g/mol. The van der Waals surface area contributed by atoms with Crippen LogP contribution in [0.15, 0.2) is 54.6 Å². The maximum absolute atomic E-state index is 12.3. The van der Waals surface area contributed by atoms with Crippen LogP contribution in [0.4, 0.5) is 0 Å². The molecule has 0 saturated carbocycles. The minimum absolute atomic E-state index is 0.0525. The molecular weight excluding hydrogens is 302 g/mol. The second-order valence-electron chi connectivity index (χ2n) is 6.53. The lowest BCUT2D eigenvalue weighted by atomic mass is 9.84. The van der Waals surface area contributed by atoms with Crippen LogP contribution in [0.3, 0.4) is 0 Å². The third-order valence-electron chi connectivity index (χ3n) is 4.02. The number of amides is 1. The third-order valence-corrected chi connectivity index (χ3v) is 4.02. The molecule has 2 rings (SSSR count). The summed E-state index contributed by atoms with van der Waals surface area (Å²) >= 11 is 0. The molecule has 2 N–H and O–H groups in total. The van der Waals surface area contributed by atoms with Gasteiger partial charge in [-0.25, -0.2) is 0 Å². The first-order valence-corrected chi connectivity index (χ1v) is 8.12. The molecule has 0 saturated heterocycles. The van der Waals surface area contributed by atoms with Crippen molar-refractivity contribution in [3.8, 4) is 5.75 Å². The van der Waals surface area contributed by atoms with Gasteiger partial charge in [-0.15, -0.1) is 0 Å². The number of aliphatic hydroxyl groups is 1. The first-order chi connectivity index (χ1) is 11.4. The Hall–Kier alpha value is -2.33. The van der Waals surface area contributed by atoms with E-state index >= 15 is 0 Å². The molecule has 0 aromatic heterocycles. The Balaban J connectivity index is 1.91. The first-order valence-electron chi connectivity index (χ1n) is 8.12. The SMILES string of the molecule is CC(Oc1cccc(CO)c1)C(=O)NCC(C)(C)c1ccccc1. The molecule has 2 aromatic carbocycles. The van der Waals surface area contributed by atoms with Gasteiger partial charge in [0.1, 0.15) is 5.75 Å². The third kappa shape index (κ3) is 4.83. The van der Waals surface area contributed by atoms with Crippen molar-refractivity contribution < 1.29 is 14.6 Å². The number of hydrogen-bond acceptors (Lipinski definition) is 3. The van der Waals surface area contributed by atoms with E-state index in [2.05, 4.69) is 31.3 Å². The fraction of sp³-hybridized carbons (Fsp3) is 0.350. The fourth-order valence-corrected chi connectivity index (χ4v) is 2.42. The first kappa shape index (κ1) is 18.0. The van der Waals surface area contributed by atoms with Gasteiger partial charge in [0.15, 0.2) is 6.10 Å². The number of aliphatic hydroxyl groups excluding tert-OH is 1. The molecule has 0 aliphatic heterocycles. The molecule has 2 aromatic rings. The van der Waals surface area contributed by atoms with Crippen LogP contribution in [-0.2, 0) is 16.8 Å². The van der Waals surface area contributed by atoms with Crippen molar-refractivity contribution in [1.29, 1.82) is 0 Å². The van der Waals surface area contributed by atoms with Crippen molar-refractivity contribution >= 4 is 5.91 Å². The molecule has 0 spiro atoms. The van der Waals surface area contributed by atoms with Gasteiger partial charge in [-0.05, 0) is 30.2 Å². The number of ether oxygens (including phenoxy) is 1. The Morgan fingerprint density at radius 2 is 1.88 bits per heavy atom. The number of benzene rings is 2. The van der Waals surface area contributed by atoms with E-state index in [1.807, 2.05) is 18.2 Å². The normalized spacial score (nSPS) is 12.5. The molecule has 24 heavy (non-hydrogen) atoms. The number of carbonyl (C=O) groups is 1. The summed E-state index contributed by atoms with van der Waals surface area (Å²) in [5, 5.41) is 12.1. The number of carbonyl (C=O) groups excluding carboxylic acids is 1. The molecule has 0 aliphatic rings. The number of nitrogens with one attached hydrogen (secondary N) is 1. The smallest absolute Gasteiger partial charge is 0.260 e. The van der Waals surface area contributed by atoms with Crippen LogP contribution < -0.4 is 10.1 Å². The van der Waals surface area contributed by atoms with Crippen molar-refractivity contribution in [2.75, 3.05) is 6.54 Å². The van der Waals surface area contributed by atoms with Crippen LogP contribution in [0.2, 0.25) is 0 Å². The van der Waals surface area contributed by atoms with Crippen LogP contribution >= 0.6 is 0 Å². The molecule has 4 heteroatoms. The summed E-state index contributed by atoms with van der Waals surface area (Å²) < 4.78 is 5.67. The maximum atomic E-state index is 12.3. The standard InChI is InChI=1S/C20H25NO3/c1-15(24-18-11-7-8-16(12-18)13-22)19(23)21-14-20(2,3)17-9-5-4-6-10-17/h4-12,15,22H,13-14H2,1-3H3,(H,21,23). The highest BCUT2D eigenvalue weighted by Gasteiger charge is 2.23. The molecule has 1 amide bonds. The lowest BCUT2D eigenvalue weighted by Gasteiger charge is -2.26. The molecule has 0 fully saturated rings. The summed E-state index contributed by atoms with van der Waals surface area (Å²) in [7, 11) is 0. The van der Waals surface area contributed by atoms with Crippen molar-refractivity contribution in [3.63, 3.8) is 0 Å². The van der Waals surface area contributed by atoms with E-state index in [9.17, 15) is 4.79 Å². The van der Waals surface area contributed by atoms with Gasteiger partial charge >= 0.3 is 0 Å². The second kappa shape index (κ2) is 7.97. The molecule has 0 radical (unpaired) electrons. The van der Waals surface area contributed by atoms with Gasteiger partial charge in [0.05, 0.1) is 6.61 Å². The zero-order chi connectivity index (χ0) is 17.6. The van der Waals surface area contributed by atoms with E-state index in [1.165, 1.54) is 5.56 Å². The topological polar surface area (TPSA) is 58.6 Å². The summed E-state index contributed by atoms with van der Waals surface area (Å²) in [6.45, 7) is 6.39. The highest BCUT2D eigenvalue weighted by Crippen LogP contribution is 2.22. The summed E-state index contributed by atoms with van der Waals surface area (Å²) in [5.74, 6) is 0.417. The molecule has 1 atom stereocenters. The lowest BCUT2D eigenvalue weighted by molar-refractivity contribution is -0.127. The Labute approximate surface area is 143 Å². The van der Waals surface area contributed by atoms with E-state index in [-0.39, 0.29) is 17.9 Å². The number of hydrogen-bond donors (Lipinski definition) is 2. The number of rotatable bonds is 7. The van der Waals surface area contributed by atoms with Gasteiger partial charge in [0, 0.05) is 12.0 Å². The fourth-order valence-electron chi connectivity index (χ4n) is 2.42. The van der Waals surface area contributed by atoms with Gasteiger partial charge in [0.2, 0.25) is 0 Å². The van der Waals surface area contributed by atoms with Crippen LogP contribution in [0, 0.1) is 0 Å². The minimum atomic E-state index is -0.606. The van der Waals surface area contributed by atoms with Crippen molar-refractivity contribution in [2.24, 2.45) is 0 Å². The van der Waals surface area contributed by atoms with Crippen LogP contribution in [0.5, 0.6) is 5.75 Å². The van der Waals surface area contributed by atoms with Crippen LogP contribution in [-0.4, -0.2) is 23.7 Å². The van der Waals surface area contributed by atoms with Crippen molar-refractivity contribution in [2.45, 2.75) is 38.9 Å². The van der Waals surface area contributed by atoms with Gasteiger partial charge in [0.25, 0.3) is 5.91 Å². The average Bonchev–Trinajstić information content (AvgIpc) is 2.60. The van der Waals surface area contributed by atoms with E-state index < -0.39 is 6.10 Å². The summed E-state index contributed by atoms with van der Waals surface area (Å²) in [4.78, 5) is 12.3. The van der Waals surface area contributed by atoms with Gasteiger partial charge in [-0.2, -0.15) is 0 Å².